The van der Waals surface area contributed by atoms with Gasteiger partial charge in [-0.3, -0.25) is 37.3 Å². The van der Waals surface area contributed by atoms with Crippen LogP contribution in [0, 0.1) is 23.7 Å². The quantitative estimate of drug-likeness (QED) is 0.0222. The first-order chi connectivity index (χ1) is 42.1. The van der Waals surface area contributed by atoms with Gasteiger partial charge >= 0.3 is 39.5 Å². The highest BCUT2D eigenvalue weighted by molar-refractivity contribution is 7.47. The van der Waals surface area contributed by atoms with E-state index in [-0.39, 0.29) is 25.7 Å². The summed E-state index contributed by atoms with van der Waals surface area (Å²) >= 11 is 0. The predicted molar refractivity (Wildman–Crippen MR) is 354 cm³/mol. The maximum absolute atomic E-state index is 13.0. The van der Waals surface area contributed by atoms with Crippen LogP contribution in [0.5, 0.6) is 0 Å². The molecule has 0 aliphatic carbocycles. The Kier molecular flexibility index (Phi) is 57.6. The van der Waals surface area contributed by atoms with Gasteiger partial charge in [-0.25, -0.2) is 9.13 Å². The van der Waals surface area contributed by atoms with E-state index >= 15 is 0 Å². The minimum Gasteiger partial charge on any atom is -0.462 e. The van der Waals surface area contributed by atoms with E-state index in [1.54, 1.807) is 0 Å². The van der Waals surface area contributed by atoms with Crippen molar-refractivity contribution in [1.82, 2.24) is 0 Å². The summed E-state index contributed by atoms with van der Waals surface area (Å²) in [6.07, 6.45) is 40.4. The zero-order chi connectivity index (χ0) is 65.4. The highest BCUT2D eigenvalue weighted by Gasteiger charge is 2.30. The maximum Gasteiger partial charge on any atom is 0.472 e. The van der Waals surface area contributed by atoms with Gasteiger partial charge in [-0.15, -0.1) is 0 Å². The zero-order valence-electron chi connectivity index (χ0n) is 57.3. The van der Waals surface area contributed by atoms with Crippen LogP contribution in [0.2, 0.25) is 0 Å². The molecule has 0 saturated heterocycles. The van der Waals surface area contributed by atoms with E-state index in [1.165, 1.54) is 128 Å². The Morgan fingerprint density at radius 3 is 0.807 bits per heavy atom. The van der Waals surface area contributed by atoms with Crippen molar-refractivity contribution in [3.63, 3.8) is 0 Å². The van der Waals surface area contributed by atoms with Crippen molar-refractivity contribution in [2.45, 2.75) is 356 Å². The first-order valence-electron chi connectivity index (χ1n) is 35.7. The molecule has 17 nitrogen and oxygen atoms in total. The summed E-state index contributed by atoms with van der Waals surface area (Å²) in [5.74, 6) is 0.832. The Labute approximate surface area is 537 Å². The molecular weight excluding hydrogens is 1160 g/mol. The number of rotatable bonds is 66. The molecule has 3 N–H and O–H groups in total. The number of aliphatic hydroxyl groups excluding tert-OH is 1. The van der Waals surface area contributed by atoms with Crippen LogP contribution in [-0.2, 0) is 65.4 Å². The van der Waals surface area contributed by atoms with Crippen molar-refractivity contribution in [3.8, 4) is 0 Å². The van der Waals surface area contributed by atoms with Gasteiger partial charge in [0.05, 0.1) is 26.4 Å². The van der Waals surface area contributed by atoms with Crippen LogP contribution < -0.4 is 0 Å². The lowest BCUT2D eigenvalue weighted by molar-refractivity contribution is -0.161. The van der Waals surface area contributed by atoms with Gasteiger partial charge in [-0.05, 0) is 49.4 Å². The summed E-state index contributed by atoms with van der Waals surface area (Å²) in [6.45, 7) is 14.0. The molecule has 0 amide bonds. The van der Waals surface area contributed by atoms with Crippen LogP contribution in [0.1, 0.15) is 338 Å². The SMILES string of the molecule is CCC(C)CCCCCCCCC(=O)OC[C@H](COP(=O)(O)OCC(O)COP(=O)(O)OC[C@@H](COC(=O)CCCCCCCCCC(C)C)OC(=O)CCCCCCCCCCCCCCC(C)C)OC(=O)CCCCCCCCCCCCC(C)C. The molecule has 19 heteroatoms. The van der Waals surface area contributed by atoms with Crippen molar-refractivity contribution >= 4 is 39.5 Å². The highest BCUT2D eigenvalue weighted by atomic mass is 31.2. The third kappa shape index (κ3) is 61.6. The van der Waals surface area contributed by atoms with E-state index in [1.807, 2.05) is 0 Å². The Hall–Kier alpha value is -1.94. The Morgan fingerprint density at radius 1 is 0.318 bits per heavy atom. The van der Waals surface area contributed by atoms with Gasteiger partial charge in [-0.1, -0.05) is 287 Å². The number of hydrogen-bond acceptors (Lipinski definition) is 15. The molecule has 0 fully saturated rings. The first kappa shape index (κ1) is 86.1. The molecule has 0 aliphatic rings. The van der Waals surface area contributed by atoms with Gasteiger partial charge in [0, 0.05) is 25.7 Å². The molecule has 522 valence electrons. The van der Waals surface area contributed by atoms with E-state index in [9.17, 15) is 43.2 Å². The number of unbranched alkanes of at least 4 members (excludes halogenated alkanes) is 31. The fourth-order valence-electron chi connectivity index (χ4n) is 10.3. The molecule has 0 aromatic carbocycles. The van der Waals surface area contributed by atoms with E-state index in [2.05, 4.69) is 55.4 Å². The topological polar surface area (TPSA) is 237 Å². The van der Waals surface area contributed by atoms with Gasteiger partial charge in [0.1, 0.15) is 19.3 Å². The summed E-state index contributed by atoms with van der Waals surface area (Å²) in [7, 11) is -9.90. The number of carbonyl (C=O) groups excluding carboxylic acids is 4. The number of esters is 4. The second-order valence-electron chi connectivity index (χ2n) is 26.6. The fourth-order valence-corrected chi connectivity index (χ4v) is 11.9. The molecule has 0 aromatic heterocycles. The van der Waals surface area contributed by atoms with Crippen LogP contribution in [0.15, 0.2) is 0 Å². The molecule has 0 rings (SSSR count). The molecule has 0 bridgehead atoms. The third-order valence-electron chi connectivity index (χ3n) is 16.2. The van der Waals surface area contributed by atoms with E-state index in [0.29, 0.717) is 31.6 Å². The predicted octanol–water partition coefficient (Wildman–Crippen LogP) is 19.3. The lowest BCUT2D eigenvalue weighted by Crippen LogP contribution is -2.30. The van der Waals surface area contributed by atoms with E-state index in [0.717, 1.165) is 120 Å². The average Bonchev–Trinajstić information content (AvgIpc) is 3.56. The number of hydrogen-bond donors (Lipinski definition) is 3. The number of carbonyl (C=O) groups is 4. The van der Waals surface area contributed by atoms with E-state index < -0.39 is 97.5 Å². The van der Waals surface area contributed by atoms with Gasteiger partial charge in [0.25, 0.3) is 0 Å². The van der Waals surface area contributed by atoms with Crippen LogP contribution in [0.4, 0.5) is 0 Å². The second-order valence-corrected chi connectivity index (χ2v) is 29.5. The molecule has 6 atom stereocenters. The summed E-state index contributed by atoms with van der Waals surface area (Å²) in [4.78, 5) is 72.5. The number of aliphatic hydroxyl groups is 1. The number of phosphoric ester groups is 2. The summed E-state index contributed by atoms with van der Waals surface area (Å²) in [5.41, 5.74) is 0. The molecule has 0 aliphatic heterocycles. The summed E-state index contributed by atoms with van der Waals surface area (Å²) in [6, 6.07) is 0. The van der Waals surface area contributed by atoms with Crippen LogP contribution >= 0.6 is 15.6 Å². The molecule has 4 unspecified atom stereocenters. The summed E-state index contributed by atoms with van der Waals surface area (Å²) < 4.78 is 68.2. The van der Waals surface area contributed by atoms with Crippen LogP contribution in [0.25, 0.3) is 0 Å². The minimum absolute atomic E-state index is 0.104. The molecule has 0 aromatic rings. The molecule has 0 spiro atoms. The van der Waals surface area contributed by atoms with E-state index in [4.69, 9.17) is 37.0 Å². The zero-order valence-corrected chi connectivity index (χ0v) is 59.1. The standard InChI is InChI=1S/C69H134O17P2/c1-9-62(8)48-40-32-27-28-34-42-50-67(72)80-56-65(86-69(74)52-44-36-25-19-15-14-17-22-30-38-46-60(4)5)58-84-88(77,78)82-54-63(70)53-81-87(75,76)83-57-64(55-79-66(71)49-41-33-26-20-23-31-39-47-61(6)7)85-68(73)51-43-35-24-18-13-11-10-12-16-21-29-37-45-59(2)3/h59-65,70H,9-58H2,1-8H3,(H,75,76)(H,77,78)/t62?,63?,64-,65-/m1/s1. The summed E-state index contributed by atoms with van der Waals surface area (Å²) in [5, 5.41) is 10.6. The Bertz CT molecular complexity index is 1750. The average molecular weight is 1300 g/mol. The smallest absolute Gasteiger partial charge is 0.462 e. The Morgan fingerprint density at radius 2 is 0.545 bits per heavy atom. The maximum atomic E-state index is 13.0. The third-order valence-corrected chi connectivity index (χ3v) is 18.1. The fraction of sp³-hybridized carbons (Fsp3) is 0.942. The largest absolute Gasteiger partial charge is 0.472 e. The van der Waals surface area contributed by atoms with Gasteiger partial charge in [0.2, 0.25) is 0 Å². The van der Waals surface area contributed by atoms with Gasteiger partial charge < -0.3 is 33.8 Å². The molecule has 0 saturated carbocycles. The molecule has 88 heavy (non-hydrogen) atoms. The molecular formula is C69H134O17P2. The van der Waals surface area contributed by atoms with Crippen LogP contribution in [0.3, 0.4) is 0 Å². The number of ether oxygens (including phenoxy) is 4. The Balaban J connectivity index is 5.25. The molecule has 0 heterocycles. The molecule has 0 radical (unpaired) electrons. The van der Waals surface area contributed by atoms with Gasteiger partial charge in [-0.2, -0.15) is 0 Å². The normalized spacial score (nSPS) is 14.6. The second kappa shape index (κ2) is 58.8. The van der Waals surface area contributed by atoms with Crippen molar-refractivity contribution in [3.05, 3.63) is 0 Å². The van der Waals surface area contributed by atoms with Crippen molar-refractivity contribution in [2.75, 3.05) is 39.6 Å². The number of phosphoric acid groups is 2. The lowest BCUT2D eigenvalue weighted by Gasteiger charge is -2.21. The van der Waals surface area contributed by atoms with Gasteiger partial charge in [0.15, 0.2) is 12.2 Å². The van der Waals surface area contributed by atoms with Crippen molar-refractivity contribution in [2.24, 2.45) is 23.7 Å². The monoisotopic (exact) mass is 1300 g/mol. The lowest BCUT2D eigenvalue weighted by atomic mass is 10.00. The van der Waals surface area contributed by atoms with Crippen LogP contribution in [-0.4, -0.2) is 96.7 Å². The van der Waals surface area contributed by atoms with Crippen molar-refractivity contribution in [1.29, 1.82) is 0 Å². The highest BCUT2D eigenvalue weighted by Crippen LogP contribution is 2.45. The first-order valence-corrected chi connectivity index (χ1v) is 38.7. The minimum atomic E-state index is -4.95. The van der Waals surface area contributed by atoms with Crippen molar-refractivity contribution < 1.29 is 80.2 Å².